The predicted molar refractivity (Wildman–Crippen MR) is 118 cm³/mol. The van der Waals surface area contributed by atoms with Gasteiger partial charge in [0.2, 0.25) is 0 Å². The molecule has 7 nitrogen and oxygen atoms in total. The van der Waals surface area contributed by atoms with E-state index in [-0.39, 0.29) is 12.1 Å². The van der Waals surface area contributed by atoms with E-state index in [4.69, 9.17) is 4.74 Å². The first-order valence-corrected chi connectivity index (χ1v) is 10.5. The van der Waals surface area contributed by atoms with Gasteiger partial charge in [0, 0.05) is 50.2 Å². The highest BCUT2D eigenvalue weighted by molar-refractivity contribution is 5.39. The maximum absolute atomic E-state index is 6.19. The molecule has 0 bridgehead atoms. The molecular weight excluding hydrogens is 376 g/mol. The normalized spacial score (nSPS) is 20.2. The summed E-state index contributed by atoms with van der Waals surface area (Å²) in [6.45, 7) is 7.60. The number of aromatic nitrogens is 4. The highest BCUT2D eigenvalue weighted by Gasteiger charge is 2.34. The molecule has 3 heterocycles. The van der Waals surface area contributed by atoms with E-state index in [0.29, 0.717) is 0 Å². The van der Waals surface area contributed by atoms with Crippen LogP contribution >= 0.6 is 0 Å². The summed E-state index contributed by atoms with van der Waals surface area (Å²) in [5, 5.41) is 9.04. The van der Waals surface area contributed by atoms with Crippen LogP contribution in [-0.4, -0.2) is 69.3 Å². The first-order valence-electron chi connectivity index (χ1n) is 10.5. The van der Waals surface area contributed by atoms with Crippen LogP contribution in [0.3, 0.4) is 0 Å². The largest absolute Gasteiger partial charge is 0.374 e. The van der Waals surface area contributed by atoms with E-state index in [1.165, 1.54) is 22.3 Å². The lowest BCUT2D eigenvalue weighted by molar-refractivity contribution is -0.0838. The van der Waals surface area contributed by atoms with Gasteiger partial charge in [-0.3, -0.25) is 9.58 Å². The molecule has 7 heteroatoms. The number of morpholine rings is 1. The lowest BCUT2D eigenvalue weighted by Crippen LogP contribution is -2.48. The van der Waals surface area contributed by atoms with E-state index in [1.54, 1.807) is 0 Å². The Morgan fingerprint density at radius 1 is 1.10 bits per heavy atom. The third kappa shape index (κ3) is 4.48. The smallest absolute Gasteiger partial charge is 0.0900 e. The summed E-state index contributed by atoms with van der Waals surface area (Å²) in [5.41, 5.74) is 6.07. The number of hydrogen-bond donors (Lipinski definition) is 0. The quantitative estimate of drug-likeness (QED) is 0.628. The summed E-state index contributed by atoms with van der Waals surface area (Å²) >= 11 is 0. The Bertz CT molecular complexity index is 991. The predicted octanol–water partition coefficient (Wildman–Crippen LogP) is 2.73. The minimum atomic E-state index is 0.104. The van der Waals surface area contributed by atoms with Crippen molar-refractivity contribution in [2.75, 3.05) is 33.8 Å². The maximum atomic E-state index is 6.19. The molecule has 1 aromatic carbocycles. The number of nitrogens with zero attached hydrogens (tertiary/aromatic N) is 6. The van der Waals surface area contributed by atoms with Crippen LogP contribution < -0.4 is 0 Å². The molecule has 0 radical (unpaired) electrons. The van der Waals surface area contributed by atoms with Gasteiger partial charge in [-0.2, -0.15) is 10.2 Å². The number of likely N-dealkylation sites (N-methyl/N-ethyl adjacent to an activating group) is 1. The van der Waals surface area contributed by atoms with Crippen molar-refractivity contribution >= 4 is 0 Å². The molecule has 1 saturated heterocycles. The van der Waals surface area contributed by atoms with Gasteiger partial charge < -0.3 is 9.64 Å². The van der Waals surface area contributed by atoms with Crippen molar-refractivity contribution in [3.05, 3.63) is 65.2 Å². The van der Waals surface area contributed by atoms with Crippen molar-refractivity contribution < 1.29 is 4.74 Å². The summed E-state index contributed by atoms with van der Waals surface area (Å²) in [7, 11) is 6.15. The zero-order chi connectivity index (χ0) is 21.3. The van der Waals surface area contributed by atoms with E-state index in [1.807, 2.05) is 28.8 Å². The van der Waals surface area contributed by atoms with Gasteiger partial charge in [-0.15, -0.1) is 0 Å². The van der Waals surface area contributed by atoms with Crippen molar-refractivity contribution in [3.63, 3.8) is 0 Å². The standard InChI is InChI=1S/C23H32N6O/c1-17-6-7-21(10-18(17)2)29-14-19(11-25-29)13-28-8-9-30-22(16-26(3)4)23(28)20-12-24-27(5)15-20/h6-7,10-12,14-15,22-23H,8-9,13,16H2,1-5H3/t22-,23-/m0/s1. The average Bonchev–Trinajstić information content (AvgIpc) is 3.33. The Morgan fingerprint density at radius 2 is 1.93 bits per heavy atom. The fourth-order valence-electron chi connectivity index (χ4n) is 4.18. The molecule has 0 aliphatic carbocycles. The highest BCUT2D eigenvalue weighted by atomic mass is 16.5. The van der Waals surface area contributed by atoms with Crippen LogP contribution in [0, 0.1) is 13.8 Å². The zero-order valence-electron chi connectivity index (χ0n) is 18.6. The van der Waals surface area contributed by atoms with Crippen LogP contribution in [0.4, 0.5) is 0 Å². The minimum absolute atomic E-state index is 0.104. The van der Waals surface area contributed by atoms with E-state index in [2.05, 4.69) is 78.5 Å². The second-order valence-corrected chi connectivity index (χ2v) is 8.60. The van der Waals surface area contributed by atoms with Crippen LogP contribution in [0.25, 0.3) is 5.69 Å². The van der Waals surface area contributed by atoms with Crippen molar-refractivity contribution in [1.82, 2.24) is 29.4 Å². The molecule has 1 fully saturated rings. The second kappa shape index (κ2) is 8.71. The molecule has 2 aromatic heterocycles. The van der Waals surface area contributed by atoms with Crippen LogP contribution in [0.5, 0.6) is 0 Å². The Balaban J connectivity index is 1.57. The third-order valence-corrected chi connectivity index (χ3v) is 5.84. The molecule has 4 rings (SSSR count). The molecule has 160 valence electrons. The number of rotatable bonds is 6. The topological polar surface area (TPSA) is 51.4 Å². The minimum Gasteiger partial charge on any atom is -0.374 e. The molecule has 2 atom stereocenters. The van der Waals surface area contributed by atoms with Crippen molar-refractivity contribution in [3.8, 4) is 5.69 Å². The van der Waals surface area contributed by atoms with E-state index in [9.17, 15) is 0 Å². The highest BCUT2D eigenvalue weighted by Crippen LogP contribution is 2.31. The van der Waals surface area contributed by atoms with Crippen molar-refractivity contribution in [2.45, 2.75) is 32.5 Å². The Kier molecular flexibility index (Phi) is 6.04. The Hall–Kier alpha value is -2.48. The van der Waals surface area contributed by atoms with E-state index >= 15 is 0 Å². The monoisotopic (exact) mass is 408 g/mol. The Morgan fingerprint density at radius 3 is 2.63 bits per heavy atom. The third-order valence-electron chi connectivity index (χ3n) is 5.84. The number of benzene rings is 1. The zero-order valence-corrected chi connectivity index (χ0v) is 18.6. The summed E-state index contributed by atoms with van der Waals surface area (Å²) in [5.74, 6) is 0. The van der Waals surface area contributed by atoms with Crippen LogP contribution in [0.2, 0.25) is 0 Å². The van der Waals surface area contributed by atoms with E-state index in [0.717, 1.165) is 31.9 Å². The molecule has 0 N–H and O–H groups in total. The summed E-state index contributed by atoms with van der Waals surface area (Å²) in [6, 6.07) is 6.63. The molecule has 1 aliphatic rings. The molecule has 0 spiro atoms. The molecule has 3 aromatic rings. The van der Waals surface area contributed by atoms with Gasteiger partial charge in [0.25, 0.3) is 0 Å². The SMILES string of the molecule is Cc1ccc(-n2cc(CN3CCO[C@@H](CN(C)C)[C@@H]3c3cnn(C)c3)cn2)cc1C. The molecular formula is C23H32N6O. The van der Waals surface area contributed by atoms with Gasteiger partial charge in [0.15, 0.2) is 0 Å². The van der Waals surface area contributed by atoms with Crippen molar-refractivity contribution in [1.29, 1.82) is 0 Å². The van der Waals surface area contributed by atoms with Gasteiger partial charge in [0.05, 0.1) is 36.8 Å². The van der Waals surface area contributed by atoms with Gasteiger partial charge in [-0.1, -0.05) is 6.07 Å². The lowest BCUT2D eigenvalue weighted by Gasteiger charge is -2.41. The lowest BCUT2D eigenvalue weighted by atomic mass is 10.00. The maximum Gasteiger partial charge on any atom is 0.0900 e. The molecule has 0 amide bonds. The summed E-state index contributed by atoms with van der Waals surface area (Å²) in [6.07, 6.45) is 8.29. The number of ether oxygens (including phenoxy) is 1. The fraction of sp³-hybridized carbons (Fsp3) is 0.478. The summed E-state index contributed by atoms with van der Waals surface area (Å²) in [4.78, 5) is 4.69. The van der Waals surface area contributed by atoms with Crippen LogP contribution in [0.1, 0.15) is 28.3 Å². The molecule has 1 aliphatic heterocycles. The molecule has 0 saturated carbocycles. The Labute approximate surface area is 178 Å². The summed E-state index contributed by atoms with van der Waals surface area (Å²) < 4.78 is 10.0. The first kappa shape index (κ1) is 20.8. The first-order chi connectivity index (χ1) is 14.4. The van der Waals surface area contributed by atoms with Crippen LogP contribution in [-0.2, 0) is 18.3 Å². The average molecular weight is 409 g/mol. The van der Waals surface area contributed by atoms with Crippen molar-refractivity contribution in [2.24, 2.45) is 7.05 Å². The number of aryl methyl sites for hydroxylation is 3. The molecule has 0 unspecified atom stereocenters. The fourth-order valence-corrected chi connectivity index (χ4v) is 4.18. The van der Waals surface area contributed by atoms with Gasteiger partial charge in [-0.25, -0.2) is 4.68 Å². The van der Waals surface area contributed by atoms with Gasteiger partial charge >= 0.3 is 0 Å². The van der Waals surface area contributed by atoms with Gasteiger partial charge in [0.1, 0.15) is 0 Å². The molecule has 30 heavy (non-hydrogen) atoms. The van der Waals surface area contributed by atoms with E-state index < -0.39 is 0 Å². The number of hydrogen-bond acceptors (Lipinski definition) is 5. The second-order valence-electron chi connectivity index (χ2n) is 8.60. The van der Waals surface area contributed by atoms with Gasteiger partial charge in [-0.05, 0) is 51.2 Å². The van der Waals surface area contributed by atoms with Crippen LogP contribution in [0.15, 0.2) is 43.0 Å².